The van der Waals surface area contributed by atoms with E-state index in [1.807, 2.05) is 18.2 Å². The van der Waals surface area contributed by atoms with Crippen LogP contribution in [0.5, 0.6) is 0 Å². The standard InChI is InChI=1S/C18H29ClN4O/c1-14(2)12-21-18(20-3)22-13-17(23-7-9-24-10-8-23)15-5-4-6-16(19)11-15/h4-6,11,14,17H,7-10,12-13H2,1-3H3,(H2,20,21,22). The van der Waals surface area contributed by atoms with Crippen LogP contribution in [-0.2, 0) is 4.74 Å². The molecule has 1 unspecified atom stereocenters. The number of ether oxygens (including phenoxy) is 1. The Bertz CT molecular complexity index is 530. The maximum Gasteiger partial charge on any atom is 0.191 e. The van der Waals surface area contributed by atoms with Gasteiger partial charge in [0.1, 0.15) is 0 Å². The highest BCUT2D eigenvalue weighted by Crippen LogP contribution is 2.23. The quantitative estimate of drug-likeness (QED) is 0.610. The van der Waals surface area contributed by atoms with Crippen molar-refractivity contribution in [3.05, 3.63) is 34.9 Å². The molecule has 0 saturated carbocycles. The van der Waals surface area contributed by atoms with Crippen LogP contribution >= 0.6 is 11.6 Å². The minimum Gasteiger partial charge on any atom is -0.379 e. The van der Waals surface area contributed by atoms with Gasteiger partial charge in [-0.2, -0.15) is 0 Å². The molecule has 0 aliphatic carbocycles. The van der Waals surface area contributed by atoms with E-state index in [1.54, 1.807) is 7.05 Å². The maximum atomic E-state index is 6.20. The monoisotopic (exact) mass is 352 g/mol. The van der Waals surface area contributed by atoms with Crippen molar-refractivity contribution in [3.8, 4) is 0 Å². The lowest BCUT2D eigenvalue weighted by molar-refractivity contribution is 0.0170. The van der Waals surface area contributed by atoms with Crippen molar-refractivity contribution >= 4 is 17.6 Å². The highest BCUT2D eigenvalue weighted by molar-refractivity contribution is 6.30. The fourth-order valence-corrected chi connectivity index (χ4v) is 2.97. The van der Waals surface area contributed by atoms with Crippen molar-refractivity contribution in [1.82, 2.24) is 15.5 Å². The number of guanidine groups is 1. The van der Waals surface area contributed by atoms with Crippen LogP contribution in [0.15, 0.2) is 29.3 Å². The number of aliphatic imine (C=N–C) groups is 1. The third-order valence-electron chi connectivity index (χ3n) is 4.08. The fraction of sp³-hybridized carbons (Fsp3) is 0.611. The molecular formula is C18H29ClN4O. The molecular weight excluding hydrogens is 324 g/mol. The van der Waals surface area contributed by atoms with Gasteiger partial charge in [-0.3, -0.25) is 9.89 Å². The normalized spacial score (nSPS) is 17.8. The lowest BCUT2D eigenvalue weighted by atomic mass is 10.0. The Morgan fingerprint density at radius 2 is 1.96 bits per heavy atom. The van der Waals surface area contributed by atoms with E-state index in [2.05, 4.69) is 40.4 Å². The van der Waals surface area contributed by atoms with Crippen LogP contribution in [0.3, 0.4) is 0 Å². The molecule has 1 aliphatic rings. The first kappa shape index (κ1) is 19.0. The first-order valence-electron chi connectivity index (χ1n) is 8.62. The molecule has 2 N–H and O–H groups in total. The van der Waals surface area contributed by atoms with Crippen LogP contribution in [0.1, 0.15) is 25.5 Å². The van der Waals surface area contributed by atoms with Crippen molar-refractivity contribution in [1.29, 1.82) is 0 Å². The molecule has 6 heteroatoms. The Balaban J connectivity index is 2.05. The Hall–Kier alpha value is -1.30. The summed E-state index contributed by atoms with van der Waals surface area (Å²) in [6, 6.07) is 8.35. The average Bonchev–Trinajstić information content (AvgIpc) is 2.58. The van der Waals surface area contributed by atoms with Crippen LogP contribution < -0.4 is 10.6 Å². The summed E-state index contributed by atoms with van der Waals surface area (Å²) in [5.41, 5.74) is 1.22. The van der Waals surface area contributed by atoms with Gasteiger partial charge in [0.25, 0.3) is 0 Å². The van der Waals surface area contributed by atoms with E-state index in [-0.39, 0.29) is 6.04 Å². The molecule has 0 aromatic heterocycles. The van der Waals surface area contributed by atoms with Gasteiger partial charge >= 0.3 is 0 Å². The maximum absolute atomic E-state index is 6.20. The number of halogens is 1. The topological polar surface area (TPSA) is 48.9 Å². The van der Waals surface area contributed by atoms with E-state index in [9.17, 15) is 0 Å². The predicted octanol–water partition coefficient (Wildman–Crippen LogP) is 2.53. The van der Waals surface area contributed by atoms with Crippen molar-refractivity contribution < 1.29 is 4.74 Å². The number of nitrogens with zero attached hydrogens (tertiary/aromatic N) is 2. The van der Waals surface area contributed by atoms with Crippen molar-refractivity contribution in [3.63, 3.8) is 0 Å². The minimum atomic E-state index is 0.241. The number of morpholine rings is 1. The molecule has 0 spiro atoms. The highest BCUT2D eigenvalue weighted by atomic mass is 35.5. The molecule has 1 fully saturated rings. The molecule has 1 atom stereocenters. The zero-order valence-corrected chi connectivity index (χ0v) is 15.6. The largest absolute Gasteiger partial charge is 0.379 e. The summed E-state index contributed by atoms with van der Waals surface area (Å²) >= 11 is 6.20. The van der Waals surface area contributed by atoms with Crippen LogP contribution in [0.25, 0.3) is 0 Å². The summed E-state index contributed by atoms with van der Waals surface area (Å²) in [7, 11) is 1.80. The van der Waals surface area contributed by atoms with E-state index in [0.29, 0.717) is 5.92 Å². The van der Waals surface area contributed by atoms with E-state index in [0.717, 1.165) is 50.4 Å². The van der Waals surface area contributed by atoms with E-state index < -0.39 is 0 Å². The van der Waals surface area contributed by atoms with Gasteiger partial charge in [0.2, 0.25) is 0 Å². The molecule has 0 bridgehead atoms. The van der Waals surface area contributed by atoms with Crippen LogP contribution in [0, 0.1) is 5.92 Å². The summed E-state index contributed by atoms with van der Waals surface area (Å²) in [4.78, 5) is 6.76. The number of nitrogens with one attached hydrogen (secondary N) is 2. The summed E-state index contributed by atoms with van der Waals surface area (Å²) < 4.78 is 5.50. The number of benzene rings is 1. The Morgan fingerprint density at radius 1 is 1.25 bits per heavy atom. The molecule has 1 aromatic rings. The van der Waals surface area contributed by atoms with Gasteiger partial charge in [-0.25, -0.2) is 0 Å². The molecule has 134 valence electrons. The van der Waals surface area contributed by atoms with Crippen molar-refractivity contribution in [2.24, 2.45) is 10.9 Å². The molecule has 1 heterocycles. The van der Waals surface area contributed by atoms with E-state index in [1.165, 1.54) is 5.56 Å². The summed E-state index contributed by atoms with van der Waals surface area (Å²) in [5, 5.41) is 7.58. The summed E-state index contributed by atoms with van der Waals surface area (Å²) in [6.45, 7) is 9.45. The molecule has 1 aliphatic heterocycles. The second-order valence-electron chi connectivity index (χ2n) is 6.45. The first-order valence-corrected chi connectivity index (χ1v) is 8.99. The molecule has 24 heavy (non-hydrogen) atoms. The number of rotatable bonds is 6. The van der Waals surface area contributed by atoms with Gasteiger partial charge < -0.3 is 15.4 Å². The van der Waals surface area contributed by atoms with E-state index in [4.69, 9.17) is 16.3 Å². The smallest absolute Gasteiger partial charge is 0.191 e. The lowest BCUT2D eigenvalue weighted by Crippen LogP contribution is -2.46. The molecule has 0 radical (unpaired) electrons. The zero-order chi connectivity index (χ0) is 17.4. The van der Waals surface area contributed by atoms with Crippen molar-refractivity contribution in [2.45, 2.75) is 19.9 Å². The van der Waals surface area contributed by atoms with Crippen LogP contribution in [-0.4, -0.2) is 57.3 Å². The summed E-state index contributed by atoms with van der Waals surface area (Å²) in [6.07, 6.45) is 0. The first-order chi connectivity index (χ1) is 11.6. The molecule has 0 amide bonds. The third-order valence-corrected chi connectivity index (χ3v) is 4.32. The van der Waals surface area contributed by atoms with Crippen LogP contribution in [0.4, 0.5) is 0 Å². The third kappa shape index (κ3) is 5.96. The average molecular weight is 353 g/mol. The number of hydrogen-bond donors (Lipinski definition) is 2. The highest BCUT2D eigenvalue weighted by Gasteiger charge is 2.23. The molecule has 1 saturated heterocycles. The van der Waals surface area contributed by atoms with Gasteiger partial charge in [0.05, 0.1) is 19.3 Å². The molecule has 2 rings (SSSR count). The Morgan fingerprint density at radius 3 is 2.58 bits per heavy atom. The van der Waals surface area contributed by atoms with Gasteiger partial charge in [-0.05, 0) is 23.6 Å². The van der Waals surface area contributed by atoms with E-state index >= 15 is 0 Å². The van der Waals surface area contributed by atoms with Gasteiger partial charge in [0.15, 0.2) is 5.96 Å². The van der Waals surface area contributed by atoms with Crippen LogP contribution in [0.2, 0.25) is 5.02 Å². The fourth-order valence-electron chi connectivity index (χ4n) is 2.78. The lowest BCUT2D eigenvalue weighted by Gasteiger charge is -2.35. The number of hydrogen-bond acceptors (Lipinski definition) is 3. The Labute approximate surface area is 150 Å². The zero-order valence-electron chi connectivity index (χ0n) is 14.9. The van der Waals surface area contributed by atoms with Gasteiger partial charge in [0, 0.05) is 38.2 Å². The second kappa shape index (κ2) is 9.87. The van der Waals surface area contributed by atoms with Crippen molar-refractivity contribution in [2.75, 3.05) is 46.4 Å². The molecule has 1 aromatic carbocycles. The van der Waals surface area contributed by atoms with Gasteiger partial charge in [-0.1, -0.05) is 37.6 Å². The SMILES string of the molecule is CN=C(NCC(C)C)NCC(c1cccc(Cl)c1)N1CCOCC1. The summed E-state index contributed by atoms with van der Waals surface area (Å²) in [5.74, 6) is 1.41. The predicted molar refractivity (Wildman–Crippen MR) is 101 cm³/mol. The minimum absolute atomic E-state index is 0.241. The molecule has 5 nitrogen and oxygen atoms in total. The van der Waals surface area contributed by atoms with Gasteiger partial charge in [-0.15, -0.1) is 0 Å². The Kier molecular flexibility index (Phi) is 7.82. The second-order valence-corrected chi connectivity index (χ2v) is 6.88.